The van der Waals surface area contributed by atoms with E-state index in [1.807, 2.05) is 0 Å². The molecule has 2 aromatic heterocycles. The minimum atomic E-state index is -4.41. The van der Waals surface area contributed by atoms with Gasteiger partial charge < -0.3 is 11.1 Å². The fourth-order valence-corrected chi connectivity index (χ4v) is 1.99. The average molecular weight is 337 g/mol. The summed E-state index contributed by atoms with van der Waals surface area (Å²) in [5.41, 5.74) is 5.92. The van der Waals surface area contributed by atoms with Gasteiger partial charge in [-0.15, -0.1) is 0 Å². The molecular weight excluding hydrogens is 327 g/mol. The zero-order valence-corrected chi connectivity index (χ0v) is 11.9. The number of benzene rings is 1. The Labute approximate surface area is 132 Å². The summed E-state index contributed by atoms with van der Waals surface area (Å²) in [5, 5.41) is 6.40. The summed E-state index contributed by atoms with van der Waals surface area (Å²) in [6, 6.07) is 5.90. The lowest BCUT2D eigenvalue weighted by Crippen LogP contribution is -2.05. The predicted octanol–water partition coefficient (Wildman–Crippen LogP) is 2.77. The quantitative estimate of drug-likeness (QED) is 0.678. The molecule has 7 nitrogen and oxygen atoms in total. The fourth-order valence-electron chi connectivity index (χ4n) is 1.99. The molecule has 0 amide bonds. The van der Waals surface area contributed by atoms with E-state index in [9.17, 15) is 18.0 Å². The van der Waals surface area contributed by atoms with Crippen molar-refractivity contribution in [3.63, 3.8) is 0 Å². The van der Waals surface area contributed by atoms with Crippen molar-refractivity contribution in [2.24, 2.45) is 0 Å². The van der Waals surface area contributed by atoms with E-state index in [2.05, 4.69) is 25.0 Å². The fraction of sp³-hybridized carbons (Fsp3) is 0.0714. The van der Waals surface area contributed by atoms with Crippen LogP contribution in [0.4, 0.5) is 30.4 Å². The lowest BCUT2D eigenvalue weighted by Gasteiger charge is -2.11. The van der Waals surface area contributed by atoms with Gasteiger partial charge in [0, 0.05) is 5.69 Å². The maximum Gasteiger partial charge on any atom is 0.439 e. The molecule has 3 aromatic rings. The highest BCUT2D eigenvalue weighted by molar-refractivity contribution is 5.76. The molecule has 1 aromatic carbocycles. The number of pyridine rings is 1. The second kappa shape index (κ2) is 5.72. The van der Waals surface area contributed by atoms with Crippen molar-refractivity contribution >= 4 is 17.2 Å². The average Bonchev–Trinajstić information content (AvgIpc) is 2.95. The minimum absolute atomic E-state index is 0.0919. The van der Waals surface area contributed by atoms with E-state index in [1.165, 1.54) is 24.4 Å². The number of nitrogens with two attached hydrogens (primary N) is 1. The van der Waals surface area contributed by atoms with E-state index < -0.39 is 17.5 Å². The number of H-pyrrole nitrogens is 1. The van der Waals surface area contributed by atoms with Crippen LogP contribution in [0, 0.1) is 0 Å². The van der Waals surface area contributed by atoms with Crippen LogP contribution in [-0.2, 0) is 6.18 Å². The third-order valence-corrected chi connectivity index (χ3v) is 3.08. The Balaban J connectivity index is 1.94. The SMILES string of the molecule is Nc1cnc(Nc2ccc(C(F)(F)F)cc2)c(-c2noc(=O)[nH]2)c1. The Bertz CT molecular complexity index is 915. The zero-order valence-electron chi connectivity index (χ0n) is 11.9. The van der Waals surface area contributed by atoms with Gasteiger partial charge in [-0.1, -0.05) is 5.16 Å². The maximum atomic E-state index is 12.6. The number of halogens is 3. The number of alkyl halides is 3. The lowest BCUT2D eigenvalue weighted by molar-refractivity contribution is -0.137. The third kappa shape index (κ3) is 3.21. The van der Waals surface area contributed by atoms with Crippen LogP contribution in [0.2, 0.25) is 0 Å². The Morgan fingerprint density at radius 2 is 1.92 bits per heavy atom. The second-order valence-electron chi connectivity index (χ2n) is 4.81. The highest BCUT2D eigenvalue weighted by atomic mass is 19.4. The van der Waals surface area contributed by atoms with E-state index >= 15 is 0 Å². The standard InChI is InChI=1S/C14H10F3N5O2/c15-14(16,17)7-1-3-9(4-2-7)20-11-10(5-8(18)6-19-11)12-21-13(23)24-22-12/h1-6H,18H2,(H,19,20)(H,21,22,23). The molecule has 10 heteroatoms. The van der Waals surface area contributed by atoms with E-state index in [0.29, 0.717) is 16.9 Å². The Kier molecular flexibility index (Phi) is 3.72. The van der Waals surface area contributed by atoms with Gasteiger partial charge in [-0.25, -0.2) is 9.78 Å². The summed E-state index contributed by atoms with van der Waals surface area (Å²) in [6.45, 7) is 0. The number of nitrogens with one attached hydrogen (secondary N) is 2. The molecule has 0 aliphatic rings. The molecule has 0 atom stereocenters. The maximum absolute atomic E-state index is 12.6. The lowest BCUT2D eigenvalue weighted by atomic mass is 10.2. The summed E-state index contributed by atoms with van der Waals surface area (Å²) in [7, 11) is 0. The summed E-state index contributed by atoms with van der Waals surface area (Å²) >= 11 is 0. The third-order valence-electron chi connectivity index (χ3n) is 3.08. The van der Waals surface area contributed by atoms with Gasteiger partial charge in [0.15, 0.2) is 5.82 Å². The van der Waals surface area contributed by atoms with Crippen LogP contribution >= 0.6 is 0 Å². The summed E-state index contributed by atoms with van der Waals surface area (Å²) < 4.78 is 42.2. The van der Waals surface area contributed by atoms with Crippen LogP contribution in [0.5, 0.6) is 0 Å². The van der Waals surface area contributed by atoms with Gasteiger partial charge in [-0.2, -0.15) is 13.2 Å². The number of nitrogen functional groups attached to an aromatic ring is 1. The first kappa shape index (κ1) is 15.6. The van der Waals surface area contributed by atoms with Gasteiger partial charge in [0.25, 0.3) is 0 Å². The highest BCUT2D eigenvalue weighted by Crippen LogP contribution is 2.31. The van der Waals surface area contributed by atoms with E-state index in [0.717, 1.165) is 12.1 Å². The molecule has 3 rings (SSSR count). The number of anilines is 3. The van der Waals surface area contributed by atoms with Gasteiger partial charge in [0.05, 0.1) is 23.0 Å². The van der Waals surface area contributed by atoms with Crippen LogP contribution in [0.3, 0.4) is 0 Å². The Hall–Kier alpha value is -3.30. The molecule has 0 unspecified atom stereocenters. The molecule has 4 N–H and O–H groups in total. The van der Waals surface area contributed by atoms with Crippen molar-refractivity contribution in [1.82, 2.24) is 15.1 Å². The zero-order chi connectivity index (χ0) is 17.3. The van der Waals surface area contributed by atoms with Crippen molar-refractivity contribution < 1.29 is 17.7 Å². The molecule has 0 fully saturated rings. The molecule has 2 heterocycles. The Morgan fingerprint density at radius 3 is 2.50 bits per heavy atom. The smallest absolute Gasteiger partial charge is 0.397 e. The van der Waals surface area contributed by atoms with Gasteiger partial charge in [0.1, 0.15) is 5.82 Å². The van der Waals surface area contributed by atoms with Crippen LogP contribution in [0.25, 0.3) is 11.4 Å². The van der Waals surface area contributed by atoms with Crippen molar-refractivity contribution in [2.45, 2.75) is 6.18 Å². The van der Waals surface area contributed by atoms with Crippen LogP contribution in [0.15, 0.2) is 45.8 Å². The number of hydrogen-bond acceptors (Lipinski definition) is 6. The molecule has 124 valence electrons. The van der Waals surface area contributed by atoms with E-state index in [-0.39, 0.29) is 11.6 Å². The number of rotatable bonds is 3. The van der Waals surface area contributed by atoms with E-state index in [4.69, 9.17) is 5.73 Å². The molecule has 0 saturated heterocycles. The monoisotopic (exact) mass is 337 g/mol. The van der Waals surface area contributed by atoms with Crippen molar-refractivity contribution in [3.05, 3.63) is 52.6 Å². The summed E-state index contributed by atoms with van der Waals surface area (Å²) in [5.74, 6) is -0.421. The van der Waals surface area contributed by atoms with Crippen LogP contribution < -0.4 is 16.8 Å². The van der Waals surface area contributed by atoms with Crippen molar-refractivity contribution in [2.75, 3.05) is 11.1 Å². The highest BCUT2D eigenvalue weighted by Gasteiger charge is 2.30. The van der Waals surface area contributed by atoms with Gasteiger partial charge >= 0.3 is 11.9 Å². The molecule has 24 heavy (non-hydrogen) atoms. The number of aromatic amines is 1. The minimum Gasteiger partial charge on any atom is -0.397 e. The van der Waals surface area contributed by atoms with Crippen molar-refractivity contribution in [3.8, 4) is 11.4 Å². The molecule has 0 bridgehead atoms. The second-order valence-corrected chi connectivity index (χ2v) is 4.81. The largest absolute Gasteiger partial charge is 0.439 e. The van der Waals surface area contributed by atoms with Crippen LogP contribution in [-0.4, -0.2) is 15.1 Å². The molecule has 0 radical (unpaired) electrons. The van der Waals surface area contributed by atoms with Crippen molar-refractivity contribution in [1.29, 1.82) is 0 Å². The predicted molar refractivity (Wildman–Crippen MR) is 79.5 cm³/mol. The number of hydrogen-bond donors (Lipinski definition) is 3. The molecule has 0 aliphatic carbocycles. The molecule has 0 spiro atoms. The topological polar surface area (TPSA) is 110 Å². The van der Waals surface area contributed by atoms with Gasteiger partial charge in [-0.3, -0.25) is 9.51 Å². The normalized spacial score (nSPS) is 11.5. The molecular formula is C14H10F3N5O2. The first-order chi connectivity index (χ1) is 11.3. The van der Waals surface area contributed by atoms with Gasteiger partial charge in [-0.05, 0) is 30.3 Å². The molecule has 0 aliphatic heterocycles. The van der Waals surface area contributed by atoms with E-state index in [1.54, 1.807) is 0 Å². The summed E-state index contributed by atoms with van der Waals surface area (Å²) in [4.78, 5) is 17.5. The summed E-state index contributed by atoms with van der Waals surface area (Å²) in [6.07, 6.45) is -3.06. The number of nitrogens with zero attached hydrogens (tertiary/aromatic N) is 2. The van der Waals surface area contributed by atoms with Crippen LogP contribution in [0.1, 0.15) is 5.56 Å². The Morgan fingerprint density at radius 1 is 1.21 bits per heavy atom. The first-order valence-electron chi connectivity index (χ1n) is 6.59. The number of aromatic nitrogens is 3. The first-order valence-corrected chi connectivity index (χ1v) is 6.59. The van der Waals surface area contributed by atoms with Gasteiger partial charge in [0.2, 0.25) is 0 Å². The molecule has 0 saturated carbocycles.